The minimum atomic E-state index is -0.447. The van der Waals surface area contributed by atoms with Crippen molar-refractivity contribution in [3.63, 3.8) is 0 Å². The Morgan fingerprint density at radius 1 is 1.16 bits per heavy atom. The van der Waals surface area contributed by atoms with Crippen molar-refractivity contribution < 1.29 is 24.3 Å². The molecular weight excluding hydrogens is 484 g/mol. The Morgan fingerprint density at radius 3 is 2.39 bits per heavy atom. The molecule has 1 unspecified atom stereocenters. The molecule has 2 aromatic carbocycles. The van der Waals surface area contributed by atoms with Crippen LogP contribution in [0.5, 0.6) is 11.5 Å². The second-order valence-corrected chi connectivity index (χ2v) is 10.0. The van der Waals surface area contributed by atoms with E-state index in [0.717, 1.165) is 5.56 Å². The van der Waals surface area contributed by atoms with Crippen molar-refractivity contribution in [1.82, 2.24) is 15.4 Å². The third-order valence-electron chi connectivity index (χ3n) is 6.71. The van der Waals surface area contributed by atoms with Gasteiger partial charge in [-0.1, -0.05) is 43.3 Å². The van der Waals surface area contributed by atoms with Crippen molar-refractivity contribution in [3.05, 3.63) is 53.2 Å². The van der Waals surface area contributed by atoms with Crippen LogP contribution in [0.1, 0.15) is 68.2 Å². The molecular formula is C29H34N4O5. The van der Waals surface area contributed by atoms with E-state index in [1.807, 2.05) is 58.9 Å². The number of aromatic nitrogens is 1. The molecule has 2 heterocycles. The lowest BCUT2D eigenvalue weighted by molar-refractivity contribution is -0.0750. The van der Waals surface area contributed by atoms with Gasteiger partial charge in [-0.25, -0.2) is 0 Å². The highest BCUT2D eigenvalue weighted by atomic mass is 16.5. The number of aromatic hydroxyl groups is 2. The largest absolute Gasteiger partial charge is 0.508 e. The summed E-state index contributed by atoms with van der Waals surface area (Å²) in [7, 11) is 0. The van der Waals surface area contributed by atoms with Gasteiger partial charge in [0.15, 0.2) is 11.5 Å². The number of nitrogens with one attached hydrogen (secondary N) is 1. The molecule has 1 saturated heterocycles. The summed E-state index contributed by atoms with van der Waals surface area (Å²) in [6.45, 7) is 11.4. The van der Waals surface area contributed by atoms with Crippen molar-refractivity contribution in [2.75, 3.05) is 19.6 Å². The summed E-state index contributed by atoms with van der Waals surface area (Å²) < 4.78 is 11.5. The number of carbonyl (C=O) groups is 1. The second-order valence-electron chi connectivity index (χ2n) is 10.0. The van der Waals surface area contributed by atoms with E-state index >= 15 is 0 Å². The number of amides is 1. The predicted molar refractivity (Wildman–Crippen MR) is 143 cm³/mol. The molecule has 0 aliphatic carbocycles. The van der Waals surface area contributed by atoms with Crippen molar-refractivity contribution >= 4 is 5.91 Å². The van der Waals surface area contributed by atoms with Crippen LogP contribution in [-0.2, 0) is 4.74 Å². The van der Waals surface area contributed by atoms with Gasteiger partial charge in [-0.3, -0.25) is 9.69 Å². The number of ether oxygens (including phenoxy) is 1. The third-order valence-corrected chi connectivity index (χ3v) is 6.71. The molecule has 1 fully saturated rings. The van der Waals surface area contributed by atoms with Gasteiger partial charge in [-0.2, -0.15) is 5.26 Å². The Labute approximate surface area is 222 Å². The smallest absolute Gasteiger partial charge is 0.274 e. The van der Waals surface area contributed by atoms with Gasteiger partial charge in [0.25, 0.3) is 5.91 Å². The van der Waals surface area contributed by atoms with E-state index < -0.39 is 11.9 Å². The first-order valence-corrected chi connectivity index (χ1v) is 12.9. The number of phenols is 2. The molecule has 3 aromatic rings. The number of morpholine rings is 1. The van der Waals surface area contributed by atoms with E-state index in [1.165, 1.54) is 6.07 Å². The van der Waals surface area contributed by atoms with Gasteiger partial charge >= 0.3 is 0 Å². The summed E-state index contributed by atoms with van der Waals surface area (Å²) in [6.07, 6.45) is 0.0589. The van der Waals surface area contributed by atoms with E-state index in [4.69, 9.17) is 9.26 Å². The van der Waals surface area contributed by atoms with Crippen molar-refractivity contribution in [2.45, 2.75) is 58.8 Å². The maximum absolute atomic E-state index is 12.9. The average Bonchev–Trinajstić information content (AvgIpc) is 3.29. The Morgan fingerprint density at radius 2 is 1.82 bits per heavy atom. The fourth-order valence-corrected chi connectivity index (χ4v) is 5.01. The van der Waals surface area contributed by atoms with E-state index in [-0.39, 0.29) is 41.1 Å². The molecule has 1 amide bonds. The van der Waals surface area contributed by atoms with Crippen molar-refractivity contribution in [3.8, 4) is 40.0 Å². The number of hydrogen-bond acceptors (Lipinski definition) is 8. The number of carbonyl (C=O) groups excluding carboxylic acids is 1. The topological polar surface area (TPSA) is 132 Å². The van der Waals surface area contributed by atoms with E-state index in [0.29, 0.717) is 41.9 Å². The van der Waals surface area contributed by atoms with Crippen LogP contribution in [0.3, 0.4) is 0 Å². The van der Waals surface area contributed by atoms with Gasteiger partial charge < -0.3 is 24.8 Å². The predicted octanol–water partition coefficient (Wildman–Crippen LogP) is 4.97. The van der Waals surface area contributed by atoms with Gasteiger partial charge in [0, 0.05) is 25.7 Å². The highest BCUT2D eigenvalue weighted by Gasteiger charge is 2.30. The lowest BCUT2D eigenvalue weighted by Gasteiger charge is -2.37. The van der Waals surface area contributed by atoms with Crippen LogP contribution >= 0.6 is 0 Å². The highest BCUT2D eigenvalue weighted by molar-refractivity contribution is 6.02. The number of nitrogens with zero attached hydrogens (tertiary/aromatic N) is 3. The van der Waals surface area contributed by atoms with Crippen LogP contribution < -0.4 is 5.32 Å². The number of benzene rings is 2. The second kappa shape index (κ2) is 11.3. The summed E-state index contributed by atoms with van der Waals surface area (Å²) in [4.78, 5) is 15.0. The molecule has 1 aliphatic heterocycles. The first kappa shape index (κ1) is 27.2. The number of hydrogen-bond donors (Lipinski definition) is 3. The third kappa shape index (κ3) is 5.37. The quantitative estimate of drug-likeness (QED) is 0.400. The number of nitriles is 1. The van der Waals surface area contributed by atoms with Crippen LogP contribution in [0, 0.1) is 11.3 Å². The monoisotopic (exact) mass is 518 g/mol. The summed E-state index contributed by atoms with van der Waals surface area (Å²) >= 11 is 0. The lowest BCUT2D eigenvalue weighted by Crippen LogP contribution is -2.46. The fraction of sp³-hybridized carbons (Fsp3) is 0.414. The zero-order chi connectivity index (χ0) is 27.6. The summed E-state index contributed by atoms with van der Waals surface area (Å²) in [6, 6.07) is 12.3. The van der Waals surface area contributed by atoms with Gasteiger partial charge in [-0.05, 0) is 49.4 Å². The maximum atomic E-state index is 12.9. The molecule has 9 heteroatoms. The molecule has 200 valence electrons. The van der Waals surface area contributed by atoms with Gasteiger partial charge in [0.05, 0.1) is 29.4 Å². The SMILES string of the molecule is CCNC(=O)c1noc(-c2cc(C(C)C)c(O)cc2O)c1-c1ccc(C(C#N)N2C[C@@H](C)O[C@@H](C)C2)cc1. The van der Waals surface area contributed by atoms with Gasteiger partial charge in [0.1, 0.15) is 17.5 Å². The average molecular weight is 519 g/mol. The van der Waals surface area contributed by atoms with E-state index in [9.17, 15) is 20.3 Å². The molecule has 0 saturated carbocycles. The van der Waals surface area contributed by atoms with Crippen LogP contribution in [-0.4, -0.2) is 58.0 Å². The van der Waals surface area contributed by atoms with Crippen LogP contribution in [0.25, 0.3) is 22.5 Å². The van der Waals surface area contributed by atoms with Crippen LogP contribution in [0.15, 0.2) is 40.9 Å². The number of phenolic OH excluding ortho intramolecular Hbond substituents is 2. The standard InChI is InChI=1S/C29H34N4O5/c1-6-31-29(36)27-26(28(38-32-27)22-11-21(16(2)3)24(34)12-25(22)35)20-9-7-19(8-10-20)23(13-30)33-14-17(4)37-18(5)15-33/h7-12,16-18,23,34-35H,6,14-15H2,1-5H3,(H,31,36)/t17-,18+,23?. The summed E-state index contributed by atoms with van der Waals surface area (Å²) in [5, 5.41) is 37.8. The molecule has 0 bridgehead atoms. The van der Waals surface area contributed by atoms with Crippen LogP contribution in [0.4, 0.5) is 0 Å². The Balaban J connectivity index is 1.79. The summed E-state index contributed by atoms with van der Waals surface area (Å²) in [5.74, 6) is -0.425. The fourth-order valence-electron chi connectivity index (χ4n) is 5.01. The lowest BCUT2D eigenvalue weighted by atomic mass is 9.93. The van der Waals surface area contributed by atoms with Crippen LogP contribution in [0.2, 0.25) is 0 Å². The molecule has 4 rings (SSSR count). The first-order valence-electron chi connectivity index (χ1n) is 12.9. The molecule has 3 N–H and O–H groups in total. The van der Waals surface area contributed by atoms with E-state index in [1.54, 1.807) is 6.07 Å². The van der Waals surface area contributed by atoms with Gasteiger partial charge in [-0.15, -0.1) is 0 Å². The minimum absolute atomic E-state index is 0.0172. The molecule has 3 atom stereocenters. The Hall–Kier alpha value is -3.87. The first-order chi connectivity index (χ1) is 18.1. The Bertz CT molecular complexity index is 1330. The molecule has 9 nitrogen and oxygen atoms in total. The minimum Gasteiger partial charge on any atom is -0.508 e. The van der Waals surface area contributed by atoms with Crippen molar-refractivity contribution in [2.24, 2.45) is 0 Å². The normalized spacial score (nSPS) is 18.8. The molecule has 38 heavy (non-hydrogen) atoms. The van der Waals surface area contributed by atoms with Gasteiger partial charge in [0.2, 0.25) is 0 Å². The molecule has 1 aromatic heterocycles. The highest BCUT2D eigenvalue weighted by Crippen LogP contribution is 2.43. The number of rotatable bonds is 7. The maximum Gasteiger partial charge on any atom is 0.274 e. The van der Waals surface area contributed by atoms with E-state index in [2.05, 4.69) is 21.4 Å². The molecule has 0 spiro atoms. The zero-order valence-electron chi connectivity index (χ0n) is 22.4. The zero-order valence-corrected chi connectivity index (χ0v) is 22.4. The molecule has 1 aliphatic rings. The molecule has 0 radical (unpaired) electrons. The summed E-state index contributed by atoms with van der Waals surface area (Å²) in [5.41, 5.74) is 2.91. The van der Waals surface area contributed by atoms with Crippen molar-refractivity contribution in [1.29, 1.82) is 5.26 Å². The Kier molecular flexibility index (Phi) is 8.05.